The van der Waals surface area contributed by atoms with E-state index in [0.29, 0.717) is 18.1 Å². The zero-order chi connectivity index (χ0) is 17.1. The summed E-state index contributed by atoms with van der Waals surface area (Å²) in [6.45, 7) is 2.39. The van der Waals surface area contributed by atoms with E-state index >= 15 is 0 Å². The third-order valence-corrected chi connectivity index (χ3v) is 3.79. The minimum Gasteiger partial charge on any atom is -0.437 e. The van der Waals surface area contributed by atoms with E-state index in [1.54, 1.807) is 6.07 Å². The molecule has 2 heterocycles. The fraction of sp³-hybridized carbons (Fsp3) is 0.333. The Labute approximate surface area is 139 Å². The van der Waals surface area contributed by atoms with Gasteiger partial charge in [0.1, 0.15) is 17.7 Å². The van der Waals surface area contributed by atoms with E-state index in [1.807, 2.05) is 13.0 Å². The van der Waals surface area contributed by atoms with Gasteiger partial charge in [0.25, 0.3) is 0 Å². The second kappa shape index (κ2) is 7.24. The summed E-state index contributed by atoms with van der Waals surface area (Å²) in [5, 5.41) is 31.1. The van der Waals surface area contributed by atoms with Crippen molar-refractivity contribution in [3.05, 3.63) is 41.3 Å². The monoisotopic (exact) mass is 331 g/mol. The highest BCUT2D eigenvalue weighted by molar-refractivity contribution is 6.62. The third kappa shape index (κ3) is 3.40. The van der Waals surface area contributed by atoms with Crippen LogP contribution in [0.3, 0.4) is 0 Å². The summed E-state index contributed by atoms with van der Waals surface area (Å²) >= 11 is 0. The Balaban J connectivity index is 1.74. The van der Waals surface area contributed by atoms with Gasteiger partial charge in [-0.05, 0) is 29.6 Å². The molecule has 4 N–H and O–H groups in total. The first-order valence-electron chi connectivity index (χ1n) is 7.54. The molecule has 8 nitrogen and oxygen atoms in total. The molecule has 1 aliphatic heterocycles. The number of aliphatic hydroxyl groups excluding tert-OH is 2. The molecule has 0 spiro atoms. The molecule has 1 unspecified atom stereocenters. The summed E-state index contributed by atoms with van der Waals surface area (Å²) in [6.07, 6.45) is 1.79. The second-order valence-corrected chi connectivity index (χ2v) is 5.39. The lowest BCUT2D eigenvalue weighted by molar-refractivity contribution is 0.124. The highest BCUT2D eigenvalue weighted by Crippen LogP contribution is 2.25. The number of fused-ring (bicyclic) bond motifs is 1. The van der Waals surface area contributed by atoms with E-state index in [2.05, 4.69) is 15.3 Å². The molecule has 1 atom stereocenters. The van der Waals surface area contributed by atoms with Gasteiger partial charge < -0.3 is 24.6 Å². The smallest absolute Gasteiger partial charge is 0.437 e. The molecule has 3 rings (SSSR count). The van der Waals surface area contributed by atoms with Crippen LogP contribution in [0.25, 0.3) is 0 Å². The summed E-state index contributed by atoms with van der Waals surface area (Å²) in [6, 6.07) is 3.64. The summed E-state index contributed by atoms with van der Waals surface area (Å²) in [5.74, 6) is 0.823. The van der Waals surface area contributed by atoms with Gasteiger partial charge in [-0.25, -0.2) is 9.97 Å². The number of benzene rings is 1. The van der Waals surface area contributed by atoms with E-state index in [9.17, 15) is 10.1 Å². The summed E-state index contributed by atoms with van der Waals surface area (Å²) in [5.41, 5.74) is 2.77. The van der Waals surface area contributed by atoms with Crippen LogP contribution in [-0.2, 0) is 11.3 Å². The lowest BCUT2D eigenvalue weighted by Gasteiger charge is -2.13. The zero-order valence-corrected chi connectivity index (χ0v) is 13.1. The molecule has 2 aromatic rings. The summed E-state index contributed by atoms with van der Waals surface area (Å²) in [4.78, 5) is 8.20. The number of aliphatic hydroxyl groups is 2. The maximum atomic E-state index is 9.86. The van der Waals surface area contributed by atoms with Crippen molar-refractivity contribution in [2.45, 2.75) is 19.8 Å². The first-order chi connectivity index (χ1) is 11.6. The van der Waals surface area contributed by atoms with Crippen molar-refractivity contribution in [3.8, 4) is 11.6 Å². The van der Waals surface area contributed by atoms with E-state index < -0.39 is 13.3 Å². The van der Waals surface area contributed by atoms with Crippen LogP contribution in [0.15, 0.2) is 24.5 Å². The van der Waals surface area contributed by atoms with Crippen LogP contribution in [0.1, 0.15) is 23.0 Å². The molecule has 0 fully saturated rings. The van der Waals surface area contributed by atoms with E-state index in [4.69, 9.17) is 14.5 Å². The van der Waals surface area contributed by atoms with Gasteiger partial charge in [-0.3, -0.25) is 5.32 Å². The molecule has 0 aliphatic carbocycles. The molecular weight excluding hydrogens is 313 g/mol. The van der Waals surface area contributed by atoms with Crippen molar-refractivity contribution in [1.29, 1.82) is 0 Å². The average Bonchev–Trinajstić information content (AvgIpc) is 2.97. The minimum atomic E-state index is -1.01. The number of rotatable bonds is 6. The molecule has 9 heteroatoms. The van der Waals surface area contributed by atoms with Crippen molar-refractivity contribution in [3.63, 3.8) is 0 Å². The van der Waals surface area contributed by atoms with Crippen LogP contribution < -0.4 is 15.5 Å². The standard InChI is InChI=1S/C15H18BN3O5/c1-9-12(3-2-10-8-23-16(22)14(9)10)24-13-7-18-11(6-19-13)15(21)17-4-5-20/h2-3,6-7,15,17,20-22H,4-5,8H2,1H3. The predicted molar refractivity (Wildman–Crippen MR) is 85.7 cm³/mol. The second-order valence-electron chi connectivity index (χ2n) is 5.39. The SMILES string of the molecule is Cc1c(Oc2cnc(C(O)NCCO)cn2)ccc2c1B(O)OC2. The average molecular weight is 331 g/mol. The molecule has 1 aromatic carbocycles. The summed E-state index contributed by atoms with van der Waals surface area (Å²) < 4.78 is 10.9. The maximum Gasteiger partial charge on any atom is 0.492 e. The normalized spacial score (nSPS) is 14.6. The van der Waals surface area contributed by atoms with Gasteiger partial charge in [0.2, 0.25) is 5.88 Å². The van der Waals surface area contributed by atoms with Crippen molar-refractivity contribution < 1.29 is 24.6 Å². The van der Waals surface area contributed by atoms with Crippen LogP contribution >= 0.6 is 0 Å². The number of nitrogens with one attached hydrogen (secondary N) is 1. The van der Waals surface area contributed by atoms with Crippen LogP contribution in [-0.4, -0.2) is 45.5 Å². The Morgan fingerprint density at radius 3 is 2.92 bits per heavy atom. The lowest BCUT2D eigenvalue weighted by Crippen LogP contribution is -2.30. The Kier molecular flexibility index (Phi) is 5.07. The lowest BCUT2D eigenvalue weighted by atomic mass is 9.76. The number of hydrogen-bond donors (Lipinski definition) is 4. The Hall–Kier alpha value is -2.04. The van der Waals surface area contributed by atoms with Gasteiger partial charge in [-0.15, -0.1) is 0 Å². The van der Waals surface area contributed by atoms with Crippen LogP contribution in [0, 0.1) is 6.92 Å². The molecule has 0 saturated heterocycles. The summed E-state index contributed by atoms with van der Waals surface area (Å²) in [7, 11) is -0.940. The minimum absolute atomic E-state index is 0.0845. The third-order valence-electron chi connectivity index (χ3n) is 3.79. The van der Waals surface area contributed by atoms with Crippen LogP contribution in [0.4, 0.5) is 0 Å². The fourth-order valence-electron chi connectivity index (χ4n) is 2.54. The highest BCUT2D eigenvalue weighted by Gasteiger charge is 2.30. The van der Waals surface area contributed by atoms with Gasteiger partial charge in [0, 0.05) is 6.54 Å². The largest absolute Gasteiger partial charge is 0.492 e. The number of aromatic nitrogens is 2. The molecule has 0 saturated carbocycles. The molecule has 0 radical (unpaired) electrons. The topological polar surface area (TPSA) is 117 Å². The molecule has 24 heavy (non-hydrogen) atoms. The van der Waals surface area contributed by atoms with E-state index in [0.717, 1.165) is 16.6 Å². The molecule has 0 bridgehead atoms. The zero-order valence-electron chi connectivity index (χ0n) is 13.1. The van der Waals surface area contributed by atoms with Crippen molar-refractivity contribution in [2.24, 2.45) is 0 Å². The molecule has 1 aliphatic rings. The van der Waals surface area contributed by atoms with Gasteiger partial charge in [-0.2, -0.15) is 0 Å². The number of nitrogens with zero attached hydrogens (tertiary/aromatic N) is 2. The van der Waals surface area contributed by atoms with Gasteiger partial charge in [0.05, 0.1) is 25.6 Å². The van der Waals surface area contributed by atoms with Gasteiger partial charge in [0.15, 0.2) is 0 Å². The molecule has 126 valence electrons. The van der Waals surface area contributed by atoms with Gasteiger partial charge >= 0.3 is 7.12 Å². The molecular formula is C15H18BN3O5. The Morgan fingerprint density at radius 2 is 2.21 bits per heavy atom. The predicted octanol–water partition coefficient (Wildman–Crippen LogP) is -0.632. The van der Waals surface area contributed by atoms with Crippen molar-refractivity contribution in [2.75, 3.05) is 13.2 Å². The van der Waals surface area contributed by atoms with Crippen molar-refractivity contribution >= 4 is 12.6 Å². The number of hydrogen-bond acceptors (Lipinski definition) is 8. The highest BCUT2D eigenvalue weighted by atomic mass is 16.5. The van der Waals surface area contributed by atoms with E-state index in [1.165, 1.54) is 12.4 Å². The Bertz CT molecular complexity index is 713. The molecule has 1 aromatic heterocycles. The fourth-order valence-corrected chi connectivity index (χ4v) is 2.54. The van der Waals surface area contributed by atoms with Crippen LogP contribution in [0.2, 0.25) is 0 Å². The van der Waals surface area contributed by atoms with E-state index in [-0.39, 0.29) is 19.0 Å². The van der Waals surface area contributed by atoms with Gasteiger partial charge in [-0.1, -0.05) is 6.07 Å². The van der Waals surface area contributed by atoms with Crippen LogP contribution in [0.5, 0.6) is 11.6 Å². The maximum absolute atomic E-state index is 9.86. The first kappa shape index (κ1) is 16.8. The Morgan fingerprint density at radius 1 is 1.38 bits per heavy atom. The quantitative estimate of drug-likeness (QED) is 0.408. The molecule has 0 amide bonds. The number of ether oxygens (including phenoxy) is 1. The van der Waals surface area contributed by atoms with Crippen molar-refractivity contribution in [1.82, 2.24) is 15.3 Å². The first-order valence-corrected chi connectivity index (χ1v) is 7.54.